The van der Waals surface area contributed by atoms with Crippen molar-refractivity contribution >= 4 is 12.3 Å². The van der Waals surface area contributed by atoms with Crippen LogP contribution in [0.2, 0.25) is 0 Å². The summed E-state index contributed by atoms with van der Waals surface area (Å²) in [7, 11) is 0. The Morgan fingerprint density at radius 2 is 1.85 bits per heavy atom. The second kappa shape index (κ2) is 7.60. The minimum absolute atomic E-state index is 0.0234. The van der Waals surface area contributed by atoms with E-state index in [9.17, 15) is 4.79 Å². The smallest absolute Gasteiger partial charge is 0.410 e. The Kier molecular flexibility index (Phi) is 4.86. The minimum Gasteiger partial charge on any atom is -0.445 e. The number of hydrogen-bond donors (Lipinski definition) is 0. The van der Waals surface area contributed by atoms with Gasteiger partial charge in [-0.15, -0.1) is 0 Å². The molecule has 0 bridgehead atoms. The van der Waals surface area contributed by atoms with Crippen molar-refractivity contribution in [2.24, 2.45) is 5.10 Å². The van der Waals surface area contributed by atoms with E-state index < -0.39 is 0 Å². The first-order valence-corrected chi connectivity index (χ1v) is 9.14. The third-order valence-electron chi connectivity index (χ3n) is 4.90. The fourth-order valence-corrected chi connectivity index (χ4v) is 3.35. The standard InChI is InChI=1S/C21H23N3O2/c25-21(26-16-17-8-3-1-4-9-17)23-13-7-12-19(23)14-22-24-15-20(24)18-10-5-2-6-11-18/h1-6,8-11,14,19-20H,7,12-13,15-16H2/b22-14+. The maximum absolute atomic E-state index is 12.4. The zero-order valence-electron chi connectivity index (χ0n) is 14.7. The van der Waals surface area contributed by atoms with Crippen molar-refractivity contribution in [1.29, 1.82) is 0 Å². The van der Waals surface area contributed by atoms with Crippen molar-refractivity contribution < 1.29 is 9.53 Å². The van der Waals surface area contributed by atoms with Crippen LogP contribution in [0.4, 0.5) is 4.79 Å². The number of carbonyl (C=O) groups excluding carboxylic acids is 1. The maximum Gasteiger partial charge on any atom is 0.410 e. The Hall–Kier alpha value is -2.82. The number of nitrogens with zero attached hydrogens (tertiary/aromatic N) is 3. The van der Waals surface area contributed by atoms with Crippen LogP contribution in [0.1, 0.15) is 30.0 Å². The molecule has 2 saturated heterocycles. The van der Waals surface area contributed by atoms with E-state index in [0.717, 1.165) is 31.5 Å². The molecule has 2 aliphatic heterocycles. The quantitative estimate of drug-likeness (QED) is 0.609. The molecule has 0 spiro atoms. The van der Waals surface area contributed by atoms with Crippen LogP contribution in [0.3, 0.4) is 0 Å². The number of rotatable bonds is 5. The number of amides is 1. The molecular formula is C21H23N3O2. The Morgan fingerprint density at radius 1 is 1.12 bits per heavy atom. The van der Waals surface area contributed by atoms with E-state index in [0.29, 0.717) is 12.6 Å². The number of likely N-dealkylation sites (tertiary alicyclic amines) is 1. The summed E-state index contributed by atoms with van der Waals surface area (Å²) in [4.78, 5) is 14.2. The first-order valence-electron chi connectivity index (χ1n) is 9.14. The second-order valence-corrected chi connectivity index (χ2v) is 6.76. The Morgan fingerprint density at radius 3 is 2.62 bits per heavy atom. The lowest BCUT2D eigenvalue weighted by Gasteiger charge is -2.21. The molecule has 2 atom stereocenters. The van der Waals surface area contributed by atoms with Gasteiger partial charge in [0.05, 0.1) is 18.6 Å². The molecule has 5 heteroatoms. The summed E-state index contributed by atoms with van der Waals surface area (Å²) >= 11 is 0. The van der Waals surface area contributed by atoms with E-state index >= 15 is 0 Å². The number of ether oxygens (including phenoxy) is 1. The maximum atomic E-state index is 12.4. The lowest BCUT2D eigenvalue weighted by Crippen LogP contribution is -2.36. The fraction of sp³-hybridized carbons (Fsp3) is 0.333. The lowest BCUT2D eigenvalue weighted by atomic mass is 10.2. The molecular weight excluding hydrogens is 326 g/mol. The predicted molar refractivity (Wildman–Crippen MR) is 101 cm³/mol. The Bertz CT molecular complexity index is 763. The molecule has 134 valence electrons. The molecule has 2 heterocycles. The Labute approximate surface area is 153 Å². The highest BCUT2D eigenvalue weighted by Crippen LogP contribution is 2.34. The van der Waals surface area contributed by atoms with Crippen LogP contribution in [0.15, 0.2) is 65.8 Å². The topological polar surface area (TPSA) is 44.9 Å². The van der Waals surface area contributed by atoms with Gasteiger partial charge < -0.3 is 9.64 Å². The van der Waals surface area contributed by atoms with Crippen LogP contribution >= 0.6 is 0 Å². The van der Waals surface area contributed by atoms with Crippen molar-refractivity contribution in [3.05, 3.63) is 71.8 Å². The van der Waals surface area contributed by atoms with E-state index in [1.54, 1.807) is 4.90 Å². The van der Waals surface area contributed by atoms with Gasteiger partial charge in [-0.25, -0.2) is 4.79 Å². The van der Waals surface area contributed by atoms with Gasteiger partial charge in [0, 0.05) is 12.8 Å². The van der Waals surface area contributed by atoms with E-state index in [4.69, 9.17) is 4.74 Å². The lowest BCUT2D eigenvalue weighted by molar-refractivity contribution is 0.0996. The largest absolute Gasteiger partial charge is 0.445 e. The normalized spacial score (nSPS) is 22.0. The van der Waals surface area contributed by atoms with Crippen molar-refractivity contribution in [2.45, 2.75) is 31.5 Å². The number of hydrogen-bond acceptors (Lipinski definition) is 4. The van der Waals surface area contributed by atoms with E-state index in [1.807, 2.05) is 42.6 Å². The van der Waals surface area contributed by atoms with Gasteiger partial charge in [0.1, 0.15) is 6.61 Å². The van der Waals surface area contributed by atoms with E-state index in [1.165, 1.54) is 5.56 Å². The summed E-state index contributed by atoms with van der Waals surface area (Å²) in [5.74, 6) is 0. The summed E-state index contributed by atoms with van der Waals surface area (Å²) in [6.45, 7) is 1.97. The molecule has 4 rings (SSSR count). The molecule has 0 aliphatic carbocycles. The summed E-state index contributed by atoms with van der Waals surface area (Å²) in [5.41, 5.74) is 2.29. The number of benzene rings is 2. The van der Waals surface area contributed by atoms with Crippen molar-refractivity contribution in [3.63, 3.8) is 0 Å². The summed E-state index contributed by atoms with van der Waals surface area (Å²) in [6, 6.07) is 20.5. The van der Waals surface area contributed by atoms with Crippen LogP contribution in [0.25, 0.3) is 0 Å². The number of carbonyl (C=O) groups is 1. The van der Waals surface area contributed by atoms with Gasteiger partial charge in [-0.3, -0.25) is 5.01 Å². The van der Waals surface area contributed by atoms with Crippen LogP contribution in [0.5, 0.6) is 0 Å². The van der Waals surface area contributed by atoms with Gasteiger partial charge in [0.25, 0.3) is 0 Å². The first kappa shape index (κ1) is 16.6. The monoisotopic (exact) mass is 349 g/mol. The van der Waals surface area contributed by atoms with Crippen LogP contribution < -0.4 is 0 Å². The highest BCUT2D eigenvalue weighted by atomic mass is 16.6. The van der Waals surface area contributed by atoms with E-state index in [-0.39, 0.29) is 12.1 Å². The first-order chi connectivity index (χ1) is 12.8. The average molecular weight is 349 g/mol. The summed E-state index contributed by atoms with van der Waals surface area (Å²) < 4.78 is 5.47. The molecule has 0 radical (unpaired) electrons. The highest BCUT2D eigenvalue weighted by molar-refractivity contribution is 5.76. The molecule has 0 aromatic heterocycles. The number of hydrazone groups is 1. The van der Waals surface area contributed by atoms with Gasteiger partial charge >= 0.3 is 6.09 Å². The highest BCUT2D eigenvalue weighted by Gasteiger charge is 2.35. The molecule has 2 aromatic carbocycles. The SMILES string of the molecule is O=C(OCc1ccccc1)N1CCCC1/C=N/N1CC1c1ccccc1. The molecule has 2 unspecified atom stereocenters. The minimum atomic E-state index is -0.256. The summed E-state index contributed by atoms with van der Waals surface area (Å²) in [6.07, 6.45) is 3.57. The van der Waals surface area contributed by atoms with Crippen molar-refractivity contribution in [1.82, 2.24) is 9.91 Å². The third kappa shape index (κ3) is 3.87. The fourth-order valence-electron chi connectivity index (χ4n) is 3.35. The van der Waals surface area contributed by atoms with Gasteiger partial charge in [-0.2, -0.15) is 5.10 Å². The van der Waals surface area contributed by atoms with Gasteiger partial charge in [0.2, 0.25) is 0 Å². The average Bonchev–Trinajstić information content (AvgIpc) is 3.33. The Balaban J connectivity index is 1.30. The zero-order valence-corrected chi connectivity index (χ0v) is 14.7. The molecule has 26 heavy (non-hydrogen) atoms. The molecule has 1 amide bonds. The van der Waals surface area contributed by atoms with Crippen LogP contribution in [-0.4, -0.2) is 41.3 Å². The molecule has 0 N–H and O–H groups in total. The molecule has 2 aromatic rings. The molecule has 2 fully saturated rings. The predicted octanol–water partition coefficient (Wildman–Crippen LogP) is 3.83. The molecule has 0 saturated carbocycles. The molecule has 2 aliphatic rings. The van der Waals surface area contributed by atoms with Crippen LogP contribution in [0, 0.1) is 0 Å². The van der Waals surface area contributed by atoms with E-state index in [2.05, 4.69) is 34.4 Å². The van der Waals surface area contributed by atoms with Gasteiger partial charge in [0.15, 0.2) is 0 Å². The summed E-state index contributed by atoms with van der Waals surface area (Å²) in [5, 5.41) is 6.64. The van der Waals surface area contributed by atoms with Gasteiger partial charge in [-0.1, -0.05) is 60.7 Å². The zero-order chi connectivity index (χ0) is 17.8. The van der Waals surface area contributed by atoms with Crippen molar-refractivity contribution in [2.75, 3.05) is 13.1 Å². The van der Waals surface area contributed by atoms with Crippen LogP contribution in [-0.2, 0) is 11.3 Å². The van der Waals surface area contributed by atoms with Crippen molar-refractivity contribution in [3.8, 4) is 0 Å². The van der Waals surface area contributed by atoms with Gasteiger partial charge in [-0.05, 0) is 24.0 Å². The molecule has 5 nitrogen and oxygen atoms in total. The second-order valence-electron chi connectivity index (χ2n) is 6.76. The third-order valence-corrected chi connectivity index (χ3v) is 4.90.